The lowest BCUT2D eigenvalue weighted by atomic mass is 10.00. The van der Waals surface area contributed by atoms with Crippen LogP contribution in [0.15, 0.2) is 0 Å². The van der Waals surface area contributed by atoms with Crippen LogP contribution in [0.3, 0.4) is 0 Å². The molecule has 0 saturated carbocycles. The highest BCUT2D eigenvalue weighted by Gasteiger charge is 2.02. The standard InChI is InChI=1S/C13H27Br/c1-3-5-6-7-8-9-10-11-13(4-2)12-14/h13H,3-12H2,1-2H3. The summed E-state index contributed by atoms with van der Waals surface area (Å²) in [5, 5.41) is 1.19. The molecule has 0 heterocycles. The summed E-state index contributed by atoms with van der Waals surface area (Å²) < 4.78 is 0. The number of halogens is 1. The van der Waals surface area contributed by atoms with E-state index in [1.807, 2.05) is 0 Å². The number of rotatable bonds is 10. The Balaban J connectivity index is 3.04. The molecule has 86 valence electrons. The quantitative estimate of drug-likeness (QED) is 0.358. The molecule has 0 aromatic carbocycles. The van der Waals surface area contributed by atoms with Gasteiger partial charge in [0.2, 0.25) is 0 Å². The van der Waals surface area contributed by atoms with Gasteiger partial charge in [0, 0.05) is 5.33 Å². The van der Waals surface area contributed by atoms with Gasteiger partial charge in [0.15, 0.2) is 0 Å². The van der Waals surface area contributed by atoms with Crippen molar-refractivity contribution in [2.75, 3.05) is 5.33 Å². The molecule has 1 heteroatoms. The number of unbranched alkanes of at least 4 members (excludes halogenated alkanes) is 6. The third kappa shape index (κ3) is 9.05. The molecular formula is C13H27Br. The molecule has 0 bridgehead atoms. The summed E-state index contributed by atoms with van der Waals surface area (Å²) in [4.78, 5) is 0. The van der Waals surface area contributed by atoms with Crippen molar-refractivity contribution >= 4 is 15.9 Å². The zero-order chi connectivity index (χ0) is 10.6. The molecule has 1 unspecified atom stereocenters. The highest BCUT2D eigenvalue weighted by atomic mass is 79.9. The van der Waals surface area contributed by atoms with Crippen LogP contribution in [-0.2, 0) is 0 Å². The highest BCUT2D eigenvalue weighted by Crippen LogP contribution is 2.16. The fourth-order valence-corrected chi connectivity index (χ4v) is 2.56. The van der Waals surface area contributed by atoms with Gasteiger partial charge in [0.05, 0.1) is 0 Å². The molecule has 0 spiro atoms. The van der Waals surface area contributed by atoms with Gasteiger partial charge in [-0.25, -0.2) is 0 Å². The first-order chi connectivity index (χ1) is 6.85. The van der Waals surface area contributed by atoms with E-state index >= 15 is 0 Å². The van der Waals surface area contributed by atoms with E-state index in [1.165, 1.54) is 63.1 Å². The molecule has 0 N–H and O–H groups in total. The van der Waals surface area contributed by atoms with Crippen LogP contribution >= 0.6 is 15.9 Å². The van der Waals surface area contributed by atoms with Gasteiger partial charge < -0.3 is 0 Å². The second-order valence-electron chi connectivity index (χ2n) is 4.34. The number of hydrogen-bond acceptors (Lipinski definition) is 0. The van der Waals surface area contributed by atoms with E-state index in [2.05, 4.69) is 29.8 Å². The normalized spacial score (nSPS) is 13.1. The van der Waals surface area contributed by atoms with Crippen LogP contribution in [0.1, 0.15) is 71.6 Å². The second kappa shape index (κ2) is 11.6. The fraction of sp³-hybridized carbons (Fsp3) is 1.00. The molecule has 0 aliphatic rings. The Morgan fingerprint density at radius 2 is 1.43 bits per heavy atom. The molecule has 1 atom stereocenters. The molecule has 0 rings (SSSR count). The maximum atomic E-state index is 3.58. The van der Waals surface area contributed by atoms with E-state index in [0.29, 0.717) is 0 Å². The summed E-state index contributed by atoms with van der Waals surface area (Å²) in [6.45, 7) is 4.58. The van der Waals surface area contributed by atoms with Crippen molar-refractivity contribution in [3.05, 3.63) is 0 Å². The lowest BCUT2D eigenvalue weighted by molar-refractivity contribution is 0.479. The summed E-state index contributed by atoms with van der Waals surface area (Å²) >= 11 is 3.58. The first-order valence-electron chi connectivity index (χ1n) is 6.41. The molecule has 0 aromatic rings. The van der Waals surface area contributed by atoms with Crippen molar-refractivity contribution < 1.29 is 0 Å². The molecule has 0 saturated heterocycles. The van der Waals surface area contributed by atoms with Crippen LogP contribution in [0.4, 0.5) is 0 Å². The van der Waals surface area contributed by atoms with Gasteiger partial charge in [0.25, 0.3) is 0 Å². The van der Waals surface area contributed by atoms with Crippen molar-refractivity contribution in [2.24, 2.45) is 5.92 Å². The van der Waals surface area contributed by atoms with E-state index in [9.17, 15) is 0 Å². The van der Waals surface area contributed by atoms with E-state index in [4.69, 9.17) is 0 Å². The summed E-state index contributed by atoms with van der Waals surface area (Å²) in [6.07, 6.45) is 12.8. The zero-order valence-electron chi connectivity index (χ0n) is 10.0. The number of hydrogen-bond donors (Lipinski definition) is 0. The Morgan fingerprint density at radius 3 is 1.93 bits per heavy atom. The average molecular weight is 263 g/mol. The largest absolute Gasteiger partial charge is 0.0925 e. The van der Waals surface area contributed by atoms with E-state index < -0.39 is 0 Å². The van der Waals surface area contributed by atoms with E-state index in [1.54, 1.807) is 0 Å². The van der Waals surface area contributed by atoms with Crippen LogP contribution in [-0.4, -0.2) is 5.33 Å². The van der Waals surface area contributed by atoms with Gasteiger partial charge in [0.1, 0.15) is 0 Å². The summed E-state index contributed by atoms with van der Waals surface area (Å²) in [5.74, 6) is 0.922. The maximum Gasteiger partial charge on any atom is 0.00595 e. The highest BCUT2D eigenvalue weighted by molar-refractivity contribution is 9.09. The monoisotopic (exact) mass is 262 g/mol. The molecule has 14 heavy (non-hydrogen) atoms. The molecule has 0 amide bonds. The fourth-order valence-electron chi connectivity index (χ4n) is 1.78. The van der Waals surface area contributed by atoms with Gasteiger partial charge in [-0.1, -0.05) is 81.1 Å². The van der Waals surface area contributed by atoms with Gasteiger partial charge in [-0.15, -0.1) is 0 Å². The van der Waals surface area contributed by atoms with E-state index in [-0.39, 0.29) is 0 Å². The molecule has 0 aromatic heterocycles. The topological polar surface area (TPSA) is 0 Å². The van der Waals surface area contributed by atoms with Gasteiger partial charge in [-0.05, 0) is 12.3 Å². The van der Waals surface area contributed by atoms with Crippen LogP contribution in [0.25, 0.3) is 0 Å². The minimum Gasteiger partial charge on any atom is -0.0925 e. The predicted molar refractivity (Wildman–Crippen MR) is 70.2 cm³/mol. The minimum absolute atomic E-state index is 0.922. The lowest BCUT2D eigenvalue weighted by Gasteiger charge is -2.10. The third-order valence-corrected chi connectivity index (χ3v) is 3.93. The van der Waals surface area contributed by atoms with Crippen molar-refractivity contribution in [3.8, 4) is 0 Å². The Bertz CT molecular complexity index is 97.4. The van der Waals surface area contributed by atoms with Crippen molar-refractivity contribution in [2.45, 2.75) is 71.6 Å². The SMILES string of the molecule is CCCCCCCCCC(CC)CBr. The molecule has 0 fully saturated rings. The Kier molecular flexibility index (Phi) is 12.0. The number of alkyl halides is 1. The second-order valence-corrected chi connectivity index (χ2v) is 4.99. The first-order valence-corrected chi connectivity index (χ1v) is 7.53. The molecule has 0 nitrogen and oxygen atoms in total. The summed E-state index contributed by atoms with van der Waals surface area (Å²) in [5.41, 5.74) is 0. The van der Waals surface area contributed by atoms with Gasteiger partial charge in [-0.3, -0.25) is 0 Å². The Morgan fingerprint density at radius 1 is 0.857 bits per heavy atom. The smallest absolute Gasteiger partial charge is 0.00595 e. The molecule has 0 radical (unpaired) electrons. The van der Waals surface area contributed by atoms with Crippen molar-refractivity contribution in [3.63, 3.8) is 0 Å². The molecule has 0 aliphatic heterocycles. The first kappa shape index (κ1) is 14.5. The maximum absolute atomic E-state index is 3.58. The van der Waals surface area contributed by atoms with Gasteiger partial charge in [-0.2, -0.15) is 0 Å². The molecular weight excluding hydrogens is 236 g/mol. The molecule has 0 aliphatic carbocycles. The minimum atomic E-state index is 0.922. The lowest BCUT2D eigenvalue weighted by Crippen LogP contribution is -1.99. The van der Waals surface area contributed by atoms with Crippen LogP contribution in [0.5, 0.6) is 0 Å². The van der Waals surface area contributed by atoms with E-state index in [0.717, 1.165) is 5.92 Å². The Labute approximate surface area is 99.0 Å². The predicted octanol–water partition coefficient (Wildman–Crippen LogP) is 5.55. The van der Waals surface area contributed by atoms with Crippen LogP contribution in [0.2, 0.25) is 0 Å². The summed E-state index contributed by atoms with van der Waals surface area (Å²) in [7, 11) is 0. The average Bonchev–Trinajstić information content (AvgIpc) is 2.22. The third-order valence-electron chi connectivity index (χ3n) is 3.01. The zero-order valence-corrected chi connectivity index (χ0v) is 11.6. The summed E-state index contributed by atoms with van der Waals surface area (Å²) in [6, 6.07) is 0. The Hall–Kier alpha value is 0.480. The van der Waals surface area contributed by atoms with Gasteiger partial charge >= 0.3 is 0 Å². The van der Waals surface area contributed by atoms with Crippen LogP contribution in [0, 0.1) is 5.92 Å². The van der Waals surface area contributed by atoms with Crippen molar-refractivity contribution in [1.29, 1.82) is 0 Å². The van der Waals surface area contributed by atoms with Crippen LogP contribution < -0.4 is 0 Å². The van der Waals surface area contributed by atoms with Crippen molar-refractivity contribution in [1.82, 2.24) is 0 Å².